The van der Waals surface area contributed by atoms with Crippen LogP contribution < -0.4 is 0 Å². The van der Waals surface area contributed by atoms with E-state index in [9.17, 15) is 0 Å². The van der Waals surface area contributed by atoms with Crippen molar-refractivity contribution >= 4 is 0 Å². The molecule has 15 heavy (non-hydrogen) atoms. The Morgan fingerprint density at radius 2 is 1.87 bits per heavy atom. The summed E-state index contributed by atoms with van der Waals surface area (Å²) in [5, 5.41) is 8.55. The number of hydrogen-bond acceptors (Lipinski definition) is 2. The van der Waals surface area contributed by atoms with Gasteiger partial charge in [-0.2, -0.15) is 5.26 Å². The zero-order valence-corrected chi connectivity index (χ0v) is 10.8. The topological polar surface area (TPSA) is 27.0 Å². The van der Waals surface area contributed by atoms with Crippen LogP contribution in [0.3, 0.4) is 0 Å². The van der Waals surface area contributed by atoms with E-state index in [-0.39, 0.29) is 0 Å². The molecule has 1 aliphatic heterocycles. The minimum absolute atomic E-state index is 0.618. The second-order valence-corrected chi connectivity index (χ2v) is 4.16. The van der Waals surface area contributed by atoms with E-state index in [1.807, 2.05) is 13.8 Å². The number of piperidine rings is 1. The molecule has 1 heterocycles. The van der Waals surface area contributed by atoms with Gasteiger partial charge in [0.05, 0.1) is 12.6 Å². The third-order valence-electron chi connectivity index (χ3n) is 3.38. The van der Waals surface area contributed by atoms with Crippen molar-refractivity contribution in [3.05, 3.63) is 0 Å². The highest BCUT2D eigenvalue weighted by atomic mass is 15.1. The van der Waals surface area contributed by atoms with Gasteiger partial charge in [-0.1, -0.05) is 34.1 Å². The van der Waals surface area contributed by atoms with Crippen molar-refractivity contribution in [3.8, 4) is 6.07 Å². The fourth-order valence-electron chi connectivity index (χ4n) is 2.11. The molecule has 0 saturated carbocycles. The summed E-state index contributed by atoms with van der Waals surface area (Å²) in [6.07, 6.45) is 3.87. The largest absolute Gasteiger partial charge is 0.291 e. The second kappa shape index (κ2) is 8.73. The summed E-state index contributed by atoms with van der Waals surface area (Å²) in [4.78, 5) is 2.26. The Bertz CT molecular complexity index is 175. The van der Waals surface area contributed by atoms with Crippen LogP contribution in [-0.2, 0) is 0 Å². The smallest absolute Gasteiger partial charge is 0.0865 e. The van der Waals surface area contributed by atoms with Gasteiger partial charge in [-0.25, -0.2) is 0 Å². The minimum atomic E-state index is 0.618. The molecule has 0 aliphatic carbocycles. The van der Waals surface area contributed by atoms with E-state index in [1.165, 1.54) is 19.3 Å². The maximum absolute atomic E-state index is 8.55. The molecule has 2 heteroatoms. The van der Waals surface area contributed by atoms with Crippen LogP contribution in [0, 0.1) is 23.2 Å². The monoisotopic (exact) mass is 210 g/mol. The predicted octanol–water partition coefficient (Wildman–Crippen LogP) is 3.29. The van der Waals surface area contributed by atoms with E-state index in [0.29, 0.717) is 6.54 Å². The fourth-order valence-corrected chi connectivity index (χ4v) is 2.11. The molecule has 1 rings (SSSR count). The van der Waals surface area contributed by atoms with E-state index in [4.69, 9.17) is 5.26 Å². The summed E-state index contributed by atoms with van der Waals surface area (Å²) >= 11 is 0. The van der Waals surface area contributed by atoms with Gasteiger partial charge in [0.2, 0.25) is 0 Å². The lowest BCUT2D eigenvalue weighted by molar-refractivity contribution is 0.164. The molecule has 0 radical (unpaired) electrons. The van der Waals surface area contributed by atoms with Gasteiger partial charge in [0.15, 0.2) is 0 Å². The average molecular weight is 210 g/mol. The molecule has 1 fully saturated rings. The molecule has 0 amide bonds. The Hall–Kier alpha value is -0.550. The first-order valence-electron chi connectivity index (χ1n) is 6.37. The van der Waals surface area contributed by atoms with Gasteiger partial charge in [0.25, 0.3) is 0 Å². The van der Waals surface area contributed by atoms with Crippen molar-refractivity contribution < 1.29 is 0 Å². The van der Waals surface area contributed by atoms with E-state index < -0.39 is 0 Å². The maximum Gasteiger partial charge on any atom is 0.0865 e. The summed E-state index contributed by atoms with van der Waals surface area (Å²) in [5.41, 5.74) is 0. The van der Waals surface area contributed by atoms with Crippen LogP contribution in [0.5, 0.6) is 0 Å². The Labute approximate surface area is 95.3 Å². The Morgan fingerprint density at radius 1 is 1.33 bits per heavy atom. The molecule has 0 spiro atoms. The SMILES string of the molecule is CC.CCC(C)C1CCN(CC#N)CC1. The van der Waals surface area contributed by atoms with Gasteiger partial charge >= 0.3 is 0 Å². The van der Waals surface area contributed by atoms with E-state index >= 15 is 0 Å². The Morgan fingerprint density at radius 3 is 2.27 bits per heavy atom. The summed E-state index contributed by atoms with van der Waals surface area (Å²) < 4.78 is 0. The van der Waals surface area contributed by atoms with E-state index in [0.717, 1.165) is 24.9 Å². The number of nitrogens with zero attached hydrogens (tertiary/aromatic N) is 2. The lowest BCUT2D eigenvalue weighted by atomic mass is 9.84. The summed E-state index contributed by atoms with van der Waals surface area (Å²) in [5.74, 6) is 1.77. The van der Waals surface area contributed by atoms with Gasteiger partial charge in [-0.05, 0) is 37.8 Å². The van der Waals surface area contributed by atoms with Crippen molar-refractivity contribution in [1.82, 2.24) is 4.90 Å². The molecule has 0 aromatic carbocycles. The standard InChI is InChI=1S/C11H20N2.C2H6/c1-3-10(2)11-4-7-13(8-5-11)9-6-12;1-2/h10-11H,3-5,7-9H2,1-2H3;1-2H3. The van der Waals surface area contributed by atoms with Crippen LogP contribution >= 0.6 is 0 Å². The average Bonchev–Trinajstić information content (AvgIpc) is 2.32. The van der Waals surface area contributed by atoms with E-state index in [2.05, 4.69) is 24.8 Å². The molecule has 0 N–H and O–H groups in total. The highest BCUT2D eigenvalue weighted by Crippen LogP contribution is 2.26. The first kappa shape index (κ1) is 14.5. The highest BCUT2D eigenvalue weighted by Gasteiger charge is 2.22. The molecular formula is C13H26N2. The van der Waals surface area contributed by atoms with Crippen molar-refractivity contribution in [2.45, 2.75) is 47.0 Å². The molecule has 0 aromatic rings. The first-order chi connectivity index (χ1) is 7.27. The number of rotatable bonds is 3. The van der Waals surface area contributed by atoms with E-state index in [1.54, 1.807) is 0 Å². The maximum atomic E-state index is 8.55. The zero-order valence-electron chi connectivity index (χ0n) is 10.8. The number of hydrogen-bond donors (Lipinski definition) is 0. The van der Waals surface area contributed by atoms with Crippen LogP contribution in [0.25, 0.3) is 0 Å². The van der Waals surface area contributed by atoms with Crippen molar-refractivity contribution in [3.63, 3.8) is 0 Å². The van der Waals surface area contributed by atoms with Crippen LogP contribution in [0.4, 0.5) is 0 Å². The molecule has 2 nitrogen and oxygen atoms in total. The van der Waals surface area contributed by atoms with Gasteiger partial charge in [0.1, 0.15) is 0 Å². The summed E-state index contributed by atoms with van der Waals surface area (Å²) in [6, 6.07) is 2.22. The van der Waals surface area contributed by atoms with Crippen molar-refractivity contribution in [2.24, 2.45) is 11.8 Å². The van der Waals surface area contributed by atoms with Crippen LogP contribution in [0.15, 0.2) is 0 Å². The van der Waals surface area contributed by atoms with Gasteiger partial charge in [-0.3, -0.25) is 4.90 Å². The third kappa shape index (κ3) is 5.18. The summed E-state index contributed by atoms with van der Waals surface area (Å²) in [7, 11) is 0. The highest BCUT2D eigenvalue weighted by molar-refractivity contribution is 4.81. The molecule has 1 atom stereocenters. The molecule has 0 aromatic heterocycles. The van der Waals surface area contributed by atoms with Crippen LogP contribution in [-0.4, -0.2) is 24.5 Å². The molecular weight excluding hydrogens is 184 g/mol. The lowest BCUT2D eigenvalue weighted by Gasteiger charge is -2.33. The second-order valence-electron chi connectivity index (χ2n) is 4.16. The Kier molecular flexibility index (Phi) is 8.41. The molecule has 1 unspecified atom stereocenters. The number of nitriles is 1. The summed E-state index contributed by atoms with van der Waals surface area (Å²) in [6.45, 7) is 11.5. The third-order valence-corrected chi connectivity index (χ3v) is 3.38. The Balaban J connectivity index is 0.000000921. The van der Waals surface area contributed by atoms with Crippen molar-refractivity contribution in [1.29, 1.82) is 5.26 Å². The van der Waals surface area contributed by atoms with Gasteiger partial charge < -0.3 is 0 Å². The number of likely N-dealkylation sites (tertiary alicyclic amines) is 1. The fraction of sp³-hybridized carbons (Fsp3) is 0.923. The lowest BCUT2D eigenvalue weighted by Crippen LogP contribution is -2.35. The minimum Gasteiger partial charge on any atom is -0.291 e. The normalized spacial score (nSPS) is 19.9. The zero-order chi connectivity index (χ0) is 11.7. The van der Waals surface area contributed by atoms with Gasteiger partial charge in [0, 0.05) is 0 Å². The molecule has 1 saturated heterocycles. The molecule has 0 bridgehead atoms. The molecule has 88 valence electrons. The molecule has 1 aliphatic rings. The first-order valence-corrected chi connectivity index (χ1v) is 6.37. The van der Waals surface area contributed by atoms with Crippen molar-refractivity contribution in [2.75, 3.05) is 19.6 Å². The predicted molar refractivity (Wildman–Crippen MR) is 65.6 cm³/mol. The van der Waals surface area contributed by atoms with Crippen LogP contribution in [0.1, 0.15) is 47.0 Å². The van der Waals surface area contributed by atoms with Gasteiger partial charge in [-0.15, -0.1) is 0 Å². The van der Waals surface area contributed by atoms with Crippen LogP contribution in [0.2, 0.25) is 0 Å². The quantitative estimate of drug-likeness (QED) is 0.668.